The molecule has 0 radical (unpaired) electrons. The molecule has 1 N–H and O–H groups in total. The van der Waals surface area contributed by atoms with Crippen LogP contribution in [0.15, 0.2) is 48.5 Å². The largest absolute Gasteiger partial charge is 0.416 e. The minimum atomic E-state index is -4.40. The Bertz CT molecular complexity index is 758. The molecule has 0 aliphatic heterocycles. The Labute approximate surface area is 136 Å². The highest BCUT2D eigenvalue weighted by Gasteiger charge is 2.30. The molecule has 6 heteroatoms. The van der Waals surface area contributed by atoms with E-state index in [-0.39, 0.29) is 18.0 Å². The normalized spacial score (nSPS) is 10.6. The van der Waals surface area contributed by atoms with E-state index in [4.69, 9.17) is 11.6 Å². The van der Waals surface area contributed by atoms with Gasteiger partial charge in [0.05, 0.1) is 12.1 Å². The fourth-order valence-corrected chi connectivity index (χ4v) is 1.87. The molecule has 2 aromatic rings. The van der Waals surface area contributed by atoms with Gasteiger partial charge in [-0.3, -0.25) is 4.79 Å². The van der Waals surface area contributed by atoms with Gasteiger partial charge in [0.25, 0.3) is 5.91 Å². The molecule has 0 atom stereocenters. The number of hydrogen-bond acceptors (Lipinski definition) is 1. The fraction of sp³-hybridized carbons (Fsp3) is 0.118. The quantitative estimate of drug-likeness (QED) is 0.820. The Morgan fingerprint density at radius 2 is 1.83 bits per heavy atom. The zero-order valence-corrected chi connectivity index (χ0v) is 12.5. The van der Waals surface area contributed by atoms with Crippen molar-refractivity contribution in [2.75, 3.05) is 6.54 Å². The predicted molar refractivity (Wildman–Crippen MR) is 82.1 cm³/mol. The van der Waals surface area contributed by atoms with Crippen molar-refractivity contribution in [2.45, 2.75) is 6.18 Å². The molecule has 2 nitrogen and oxygen atoms in total. The maximum Gasteiger partial charge on any atom is 0.416 e. The molecule has 0 aliphatic rings. The van der Waals surface area contributed by atoms with Crippen LogP contribution in [0.5, 0.6) is 0 Å². The molecule has 0 aliphatic carbocycles. The van der Waals surface area contributed by atoms with E-state index in [1.807, 2.05) is 0 Å². The molecule has 0 heterocycles. The van der Waals surface area contributed by atoms with Gasteiger partial charge in [-0.05, 0) is 42.5 Å². The number of halogens is 4. The first-order valence-electron chi connectivity index (χ1n) is 6.56. The van der Waals surface area contributed by atoms with E-state index in [0.717, 1.165) is 12.1 Å². The summed E-state index contributed by atoms with van der Waals surface area (Å²) in [5.41, 5.74) is -0.0923. The van der Waals surface area contributed by atoms with Crippen LogP contribution in [-0.4, -0.2) is 12.5 Å². The van der Waals surface area contributed by atoms with Crippen LogP contribution in [0.4, 0.5) is 13.2 Å². The van der Waals surface area contributed by atoms with E-state index in [2.05, 4.69) is 17.2 Å². The third-order valence-electron chi connectivity index (χ3n) is 2.87. The summed E-state index contributed by atoms with van der Waals surface area (Å²) < 4.78 is 37.7. The van der Waals surface area contributed by atoms with Crippen LogP contribution >= 0.6 is 11.6 Å². The van der Waals surface area contributed by atoms with Crippen LogP contribution in [0.1, 0.15) is 21.5 Å². The Hall–Kier alpha value is -2.45. The molecule has 0 unspecified atom stereocenters. The van der Waals surface area contributed by atoms with Crippen molar-refractivity contribution in [1.29, 1.82) is 0 Å². The summed E-state index contributed by atoms with van der Waals surface area (Å²) in [5, 5.41) is 3.07. The van der Waals surface area contributed by atoms with Gasteiger partial charge in [-0.1, -0.05) is 29.5 Å². The Kier molecular flexibility index (Phi) is 5.30. The van der Waals surface area contributed by atoms with E-state index in [9.17, 15) is 18.0 Å². The minimum absolute atomic E-state index is 0.0255. The number of carbonyl (C=O) groups excluding carboxylic acids is 1. The molecule has 0 saturated heterocycles. The van der Waals surface area contributed by atoms with E-state index in [0.29, 0.717) is 10.6 Å². The van der Waals surface area contributed by atoms with Crippen molar-refractivity contribution in [1.82, 2.24) is 5.32 Å². The van der Waals surface area contributed by atoms with Gasteiger partial charge in [-0.15, -0.1) is 0 Å². The topological polar surface area (TPSA) is 29.1 Å². The molecule has 23 heavy (non-hydrogen) atoms. The van der Waals surface area contributed by atoms with Crippen LogP contribution in [0.3, 0.4) is 0 Å². The van der Waals surface area contributed by atoms with Crippen LogP contribution < -0.4 is 5.32 Å². The Morgan fingerprint density at radius 1 is 1.13 bits per heavy atom. The maximum atomic E-state index is 12.6. The van der Waals surface area contributed by atoms with Crippen LogP contribution in [0, 0.1) is 11.8 Å². The number of benzene rings is 2. The van der Waals surface area contributed by atoms with Gasteiger partial charge >= 0.3 is 6.18 Å². The highest BCUT2D eigenvalue weighted by molar-refractivity contribution is 6.30. The van der Waals surface area contributed by atoms with Gasteiger partial charge in [-0.25, -0.2) is 0 Å². The molecule has 0 fully saturated rings. The second-order valence-corrected chi connectivity index (χ2v) is 5.01. The summed E-state index contributed by atoms with van der Waals surface area (Å²) in [6.07, 6.45) is -4.40. The molecular formula is C17H11ClF3NO. The van der Waals surface area contributed by atoms with E-state index in [1.165, 1.54) is 12.1 Å². The standard InChI is InChI=1S/C17H11ClF3NO/c18-15-8-6-13(7-9-15)16(23)22-10-2-4-12-3-1-5-14(11-12)17(19,20)21/h1,3,5-9,11H,10H2,(H,22,23). The Balaban J connectivity index is 1.96. The predicted octanol–water partition coefficient (Wildman–Crippen LogP) is 4.14. The van der Waals surface area contributed by atoms with Gasteiger partial charge in [0.1, 0.15) is 0 Å². The first-order valence-corrected chi connectivity index (χ1v) is 6.94. The van der Waals surface area contributed by atoms with Crippen LogP contribution in [0.2, 0.25) is 5.02 Å². The molecule has 0 spiro atoms. The average Bonchev–Trinajstić information content (AvgIpc) is 2.51. The number of nitrogens with one attached hydrogen (secondary N) is 1. The van der Waals surface area contributed by atoms with E-state index in [1.54, 1.807) is 24.3 Å². The number of rotatable bonds is 2. The van der Waals surface area contributed by atoms with E-state index < -0.39 is 11.7 Å². The summed E-state index contributed by atoms with van der Waals surface area (Å²) in [6, 6.07) is 11.0. The monoisotopic (exact) mass is 337 g/mol. The van der Waals surface area contributed by atoms with Crippen molar-refractivity contribution >= 4 is 17.5 Å². The van der Waals surface area contributed by atoms with Gasteiger partial charge in [-0.2, -0.15) is 13.2 Å². The van der Waals surface area contributed by atoms with Crippen molar-refractivity contribution in [2.24, 2.45) is 0 Å². The smallest absolute Gasteiger partial charge is 0.341 e. The highest BCUT2D eigenvalue weighted by Crippen LogP contribution is 2.29. The molecular weight excluding hydrogens is 327 g/mol. The summed E-state index contributed by atoms with van der Waals surface area (Å²) >= 11 is 5.72. The second kappa shape index (κ2) is 7.21. The lowest BCUT2D eigenvalue weighted by molar-refractivity contribution is -0.137. The van der Waals surface area contributed by atoms with Crippen LogP contribution in [-0.2, 0) is 6.18 Å². The first kappa shape index (κ1) is 16.9. The van der Waals surface area contributed by atoms with Gasteiger partial charge < -0.3 is 5.32 Å². The third-order valence-corrected chi connectivity index (χ3v) is 3.12. The number of amides is 1. The van der Waals surface area contributed by atoms with Gasteiger partial charge in [0.15, 0.2) is 0 Å². The first-order chi connectivity index (χ1) is 10.9. The molecule has 0 bridgehead atoms. The summed E-state index contributed by atoms with van der Waals surface area (Å²) in [4.78, 5) is 11.8. The lowest BCUT2D eigenvalue weighted by atomic mass is 10.1. The molecule has 2 aromatic carbocycles. The average molecular weight is 338 g/mol. The van der Waals surface area contributed by atoms with Crippen molar-refractivity contribution in [3.8, 4) is 11.8 Å². The van der Waals surface area contributed by atoms with E-state index >= 15 is 0 Å². The second-order valence-electron chi connectivity index (χ2n) is 4.57. The van der Waals surface area contributed by atoms with Crippen molar-refractivity contribution in [3.05, 3.63) is 70.2 Å². The van der Waals surface area contributed by atoms with Gasteiger partial charge in [0, 0.05) is 16.1 Å². The Morgan fingerprint density at radius 3 is 2.48 bits per heavy atom. The lowest BCUT2D eigenvalue weighted by Crippen LogP contribution is -2.23. The zero-order chi connectivity index (χ0) is 16.9. The third kappa shape index (κ3) is 5.04. The summed E-state index contributed by atoms with van der Waals surface area (Å²) in [7, 11) is 0. The number of hydrogen-bond donors (Lipinski definition) is 1. The SMILES string of the molecule is O=C(NCC#Cc1cccc(C(F)(F)F)c1)c1ccc(Cl)cc1. The number of alkyl halides is 3. The minimum Gasteiger partial charge on any atom is -0.341 e. The summed E-state index contributed by atoms with van der Waals surface area (Å²) in [5.74, 6) is 4.87. The van der Waals surface area contributed by atoms with Crippen molar-refractivity contribution in [3.63, 3.8) is 0 Å². The number of carbonyl (C=O) groups is 1. The molecule has 2 rings (SSSR count). The molecule has 1 amide bonds. The zero-order valence-electron chi connectivity index (χ0n) is 11.7. The molecule has 0 saturated carbocycles. The molecule has 118 valence electrons. The maximum absolute atomic E-state index is 12.6. The van der Waals surface area contributed by atoms with Gasteiger partial charge in [0.2, 0.25) is 0 Å². The molecule has 0 aromatic heterocycles. The van der Waals surface area contributed by atoms with Crippen molar-refractivity contribution < 1.29 is 18.0 Å². The fourth-order valence-electron chi connectivity index (χ4n) is 1.75. The summed E-state index contributed by atoms with van der Waals surface area (Å²) in [6.45, 7) is 0.0255. The lowest BCUT2D eigenvalue weighted by Gasteiger charge is -2.05. The van der Waals surface area contributed by atoms with Crippen LogP contribution in [0.25, 0.3) is 0 Å². The highest BCUT2D eigenvalue weighted by atomic mass is 35.5.